The second kappa shape index (κ2) is 5.61. The first-order valence-corrected chi connectivity index (χ1v) is 6.91. The van der Waals surface area contributed by atoms with Crippen molar-refractivity contribution in [2.75, 3.05) is 38.1 Å². The average molecular weight is 304 g/mol. The second-order valence-corrected chi connectivity index (χ2v) is 5.84. The summed E-state index contributed by atoms with van der Waals surface area (Å²) < 4.78 is 1.17. The number of likely N-dealkylation sites (N-methyl/N-ethyl adjacent to an activating group) is 1. The minimum atomic E-state index is 0. The van der Waals surface area contributed by atoms with Gasteiger partial charge in [0, 0.05) is 31.2 Å². The summed E-state index contributed by atoms with van der Waals surface area (Å²) in [7, 11) is 2.16. The van der Waals surface area contributed by atoms with Crippen molar-refractivity contribution in [2.24, 2.45) is 0 Å². The highest BCUT2D eigenvalue weighted by molar-refractivity contribution is 7.22. The average Bonchev–Trinajstić information content (AvgIpc) is 2.72. The number of nitrogens with zero attached hydrogens (tertiary/aromatic N) is 3. The molecule has 0 saturated carbocycles. The molecule has 3 rings (SSSR count). The standard InChI is InChI=1S/C12H14ClN3S.ClH/c1-15-4-6-16(7-5-15)12-14-10-3-2-9(13)8-11(10)17-12;/h2-3,8H,4-7H2,1H3;1H. The molecule has 1 aliphatic rings. The molecule has 1 aromatic carbocycles. The summed E-state index contributed by atoms with van der Waals surface area (Å²) in [5, 5.41) is 1.90. The fourth-order valence-electron chi connectivity index (χ4n) is 2.02. The van der Waals surface area contributed by atoms with Gasteiger partial charge in [-0.05, 0) is 25.2 Å². The highest BCUT2D eigenvalue weighted by atomic mass is 35.5. The molecule has 0 aliphatic carbocycles. The molecule has 18 heavy (non-hydrogen) atoms. The van der Waals surface area contributed by atoms with Crippen LogP contribution in [0.25, 0.3) is 10.2 Å². The molecule has 0 spiro atoms. The van der Waals surface area contributed by atoms with Crippen LogP contribution in [0.4, 0.5) is 5.13 Å². The van der Waals surface area contributed by atoms with Gasteiger partial charge in [-0.25, -0.2) is 4.98 Å². The van der Waals surface area contributed by atoms with Crippen molar-refractivity contribution in [1.29, 1.82) is 0 Å². The molecule has 98 valence electrons. The summed E-state index contributed by atoms with van der Waals surface area (Å²) in [6, 6.07) is 5.89. The lowest BCUT2D eigenvalue weighted by atomic mass is 10.3. The first kappa shape index (κ1) is 13.9. The Hall–Kier alpha value is -0.550. The van der Waals surface area contributed by atoms with E-state index in [2.05, 4.69) is 21.8 Å². The van der Waals surface area contributed by atoms with E-state index >= 15 is 0 Å². The summed E-state index contributed by atoms with van der Waals surface area (Å²) in [5.41, 5.74) is 1.05. The Morgan fingerprint density at radius 1 is 1.22 bits per heavy atom. The van der Waals surface area contributed by atoms with E-state index in [1.165, 1.54) is 4.70 Å². The molecular formula is C12H15Cl2N3S. The minimum absolute atomic E-state index is 0. The third kappa shape index (κ3) is 2.72. The smallest absolute Gasteiger partial charge is 0.186 e. The van der Waals surface area contributed by atoms with E-state index in [9.17, 15) is 0 Å². The molecule has 1 fully saturated rings. The molecule has 0 amide bonds. The molecule has 3 nitrogen and oxygen atoms in total. The largest absolute Gasteiger partial charge is 0.345 e. The normalized spacial score (nSPS) is 16.9. The zero-order valence-electron chi connectivity index (χ0n) is 10.1. The van der Waals surface area contributed by atoms with Gasteiger partial charge in [-0.2, -0.15) is 0 Å². The van der Waals surface area contributed by atoms with Crippen LogP contribution in [-0.4, -0.2) is 43.1 Å². The van der Waals surface area contributed by atoms with Gasteiger partial charge in [0.05, 0.1) is 10.2 Å². The van der Waals surface area contributed by atoms with Gasteiger partial charge in [-0.3, -0.25) is 0 Å². The van der Waals surface area contributed by atoms with Crippen molar-refractivity contribution in [3.8, 4) is 0 Å². The van der Waals surface area contributed by atoms with E-state index in [1.54, 1.807) is 11.3 Å². The predicted octanol–water partition coefficient (Wildman–Crippen LogP) is 3.12. The summed E-state index contributed by atoms with van der Waals surface area (Å²) in [6.45, 7) is 4.33. The Labute approximate surface area is 122 Å². The molecule has 6 heteroatoms. The van der Waals surface area contributed by atoms with Crippen molar-refractivity contribution in [2.45, 2.75) is 0 Å². The summed E-state index contributed by atoms with van der Waals surface area (Å²) >= 11 is 7.72. The number of anilines is 1. The monoisotopic (exact) mass is 303 g/mol. The Bertz CT molecular complexity index is 535. The van der Waals surface area contributed by atoms with Gasteiger partial charge in [-0.15, -0.1) is 12.4 Å². The highest BCUT2D eigenvalue weighted by Crippen LogP contribution is 2.30. The number of rotatable bonds is 1. The number of hydrogen-bond donors (Lipinski definition) is 0. The molecule has 0 bridgehead atoms. The Balaban J connectivity index is 0.00000120. The molecule has 1 saturated heterocycles. The number of aromatic nitrogens is 1. The van der Waals surface area contributed by atoms with Crippen molar-refractivity contribution >= 4 is 50.7 Å². The molecule has 0 atom stereocenters. The van der Waals surface area contributed by atoms with Crippen LogP contribution < -0.4 is 4.90 Å². The maximum Gasteiger partial charge on any atom is 0.186 e. The summed E-state index contributed by atoms with van der Waals surface area (Å²) in [5.74, 6) is 0. The van der Waals surface area contributed by atoms with Crippen LogP contribution >= 0.6 is 35.3 Å². The maximum absolute atomic E-state index is 5.99. The second-order valence-electron chi connectivity index (χ2n) is 4.40. The summed E-state index contributed by atoms with van der Waals surface area (Å²) in [4.78, 5) is 9.38. The number of fused-ring (bicyclic) bond motifs is 1. The number of piperazine rings is 1. The van der Waals surface area contributed by atoms with Crippen molar-refractivity contribution in [3.05, 3.63) is 23.2 Å². The first-order chi connectivity index (χ1) is 8.22. The molecule has 0 radical (unpaired) electrons. The van der Waals surface area contributed by atoms with E-state index in [0.29, 0.717) is 0 Å². The van der Waals surface area contributed by atoms with Crippen LogP contribution in [0, 0.1) is 0 Å². The molecule has 1 aromatic heterocycles. The van der Waals surface area contributed by atoms with Crippen LogP contribution in [0.3, 0.4) is 0 Å². The van der Waals surface area contributed by atoms with Crippen molar-refractivity contribution in [3.63, 3.8) is 0 Å². The van der Waals surface area contributed by atoms with E-state index in [-0.39, 0.29) is 12.4 Å². The molecule has 2 heterocycles. The third-order valence-corrected chi connectivity index (χ3v) is 4.43. The lowest BCUT2D eigenvalue weighted by Gasteiger charge is -2.31. The zero-order chi connectivity index (χ0) is 11.8. The van der Waals surface area contributed by atoms with Crippen LogP contribution in [0.15, 0.2) is 18.2 Å². The lowest BCUT2D eigenvalue weighted by Crippen LogP contribution is -2.44. The van der Waals surface area contributed by atoms with E-state index in [4.69, 9.17) is 11.6 Å². The predicted molar refractivity (Wildman–Crippen MR) is 81.6 cm³/mol. The Morgan fingerprint density at radius 2 is 1.94 bits per heavy atom. The molecule has 0 N–H and O–H groups in total. The van der Waals surface area contributed by atoms with Crippen molar-refractivity contribution < 1.29 is 0 Å². The Kier molecular flexibility index (Phi) is 4.33. The molecule has 1 aliphatic heterocycles. The lowest BCUT2D eigenvalue weighted by molar-refractivity contribution is 0.313. The number of thiazole rings is 1. The molecule has 2 aromatic rings. The molecule has 0 unspecified atom stereocenters. The van der Waals surface area contributed by atoms with Crippen LogP contribution in [0.2, 0.25) is 5.02 Å². The zero-order valence-corrected chi connectivity index (χ0v) is 12.5. The van der Waals surface area contributed by atoms with E-state index in [1.807, 2.05) is 18.2 Å². The van der Waals surface area contributed by atoms with Gasteiger partial charge in [0.15, 0.2) is 5.13 Å². The van der Waals surface area contributed by atoms with Gasteiger partial charge in [-0.1, -0.05) is 22.9 Å². The van der Waals surface area contributed by atoms with E-state index < -0.39 is 0 Å². The third-order valence-electron chi connectivity index (χ3n) is 3.11. The number of benzene rings is 1. The number of hydrogen-bond acceptors (Lipinski definition) is 4. The van der Waals surface area contributed by atoms with Crippen molar-refractivity contribution in [1.82, 2.24) is 9.88 Å². The summed E-state index contributed by atoms with van der Waals surface area (Å²) in [6.07, 6.45) is 0. The van der Waals surface area contributed by atoms with Gasteiger partial charge in [0.1, 0.15) is 0 Å². The minimum Gasteiger partial charge on any atom is -0.345 e. The van der Waals surface area contributed by atoms with E-state index in [0.717, 1.165) is 41.8 Å². The van der Waals surface area contributed by atoms with Crippen LogP contribution in [-0.2, 0) is 0 Å². The SMILES string of the molecule is CN1CCN(c2nc3ccc(Cl)cc3s2)CC1.Cl. The molecular weight excluding hydrogens is 289 g/mol. The maximum atomic E-state index is 5.99. The van der Waals surface area contributed by atoms with Gasteiger partial charge >= 0.3 is 0 Å². The first-order valence-electron chi connectivity index (χ1n) is 5.72. The fourth-order valence-corrected chi connectivity index (χ4v) is 3.31. The fraction of sp³-hybridized carbons (Fsp3) is 0.417. The quantitative estimate of drug-likeness (QED) is 0.807. The van der Waals surface area contributed by atoms with Crippen LogP contribution in [0.1, 0.15) is 0 Å². The highest BCUT2D eigenvalue weighted by Gasteiger charge is 2.17. The van der Waals surface area contributed by atoms with Crippen LogP contribution in [0.5, 0.6) is 0 Å². The van der Waals surface area contributed by atoms with Gasteiger partial charge in [0.25, 0.3) is 0 Å². The van der Waals surface area contributed by atoms with Gasteiger partial charge in [0.2, 0.25) is 0 Å². The van der Waals surface area contributed by atoms with Gasteiger partial charge < -0.3 is 9.80 Å². The topological polar surface area (TPSA) is 19.4 Å². The number of halogens is 2. The Morgan fingerprint density at radius 3 is 2.67 bits per heavy atom.